The molecule has 0 aliphatic carbocycles. The van der Waals surface area contributed by atoms with Crippen molar-refractivity contribution in [3.63, 3.8) is 0 Å². The Bertz CT molecular complexity index is 872. The van der Waals surface area contributed by atoms with Crippen LogP contribution < -0.4 is 20.1 Å². The number of aromatic carboxylic acids is 1. The Hall–Kier alpha value is -2.84. The number of anilines is 1. The molecule has 2 rings (SSSR count). The molecule has 0 aliphatic rings. The quantitative estimate of drug-likeness (QED) is 0.670. The second-order valence-electron chi connectivity index (χ2n) is 4.98. The largest absolute Gasteiger partial charge is 0.497 e. The van der Waals surface area contributed by atoms with Crippen molar-refractivity contribution in [1.29, 1.82) is 0 Å². The van der Waals surface area contributed by atoms with Crippen molar-refractivity contribution in [2.75, 3.05) is 19.5 Å². The van der Waals surface area contributed by atoms with Crippen LogP contribution >= 0.6 is 23.8 Å². The normalized spacial score (nSPS) is 9.96. The molecule has 7 nitrogen and oxygen atoms in total. The molecule has 0 heterocycles. The van der Waals surface area contributed by atoms with Gasteiger partial charge in [0.25, 0.3) is 5.91 Å². The molecule has 26 heavy (non-hydrogen) atoms. The predicted molar refractivity (Wildman–Crippen MR) is 102 cm³/mol. The van der Waals surface area contributed by atoms with Gasteiger partial charge in [0.15, 0.2) is 10.9 Å². The van der Waals surface area contributed by atoms with Crippen LogP contribution in [0.3, 0.4) is 0 Å². The molecule has 0 spiro atoms. The van der Waals surface area contributed by atoms with Gasteiger partial charge in [-0.2, -0.15) is 0 Å². The van der Waals surface area contributed by atoms with E-state index in [1.807, 2.05) is 0 Å². The van der Waals surface area contributed by atoms with Crippen LogP contribution in [-0.2, 0) is 0 Å². The lowest BCUT2D eigenvalue weighted by atomic mass is 10.2. The number of hydrogen-bond donors (Lipinski definition) is 3. The summed E-state index contributed by atoms with van der Waals surface area (Å²) >= 11 is 11.1. The van der Waals surface area contributed by atoms with Gasteiger partial charge < -0.3 is 19.9 Å². The summed E-state index contributed by atoms with van der Waals surface area (Å²) in [6.07, 6.45) is 0. The van der Waals surface area contributed by atoms with Crippen molar-refractivity contribution in [2.45, 2.75) is 0 Å². The SMILES string of the molecule is COc1cccc(C(=O)NC(=S)Nc2cc(C(=O)O)cc(Cl)c2OC)c1. The van der Waals surface area contributed by atoms with E-state index in [-0.39, 0.29) is 27.1 Å². The molecule has 9 heteroatoms. The third kappa shape index (κ3) is 4.62. The first-order valence-corrected chi connectivity index (χ1v) is 8.01. The zero-order valence-electron chi connectivity index (χ0n) is 13.8. The van der Waals surface area contributed by atoms with Crippen LogP contribution in [0.2, 0.25) is 5.02 Å². The molecule has 2 aromatic rings. The van der Waals surface area contributed by atoms with E-state index >= 15 is 0 Å². The molecule has 0 saturated carbocycles. The highest BCUT2D eigenvalue weighted by molar-refractivity contribution is 7.80. The van der Waals surface area contributed by atoms with E-state index in [1.165, 1.54) is 26.4 Å². The molecule has 3 N–H and O–H groups in total. The van der Waals surface area contributed by atoms with Crippen LogP contribution in [0.1, 0.15) is 20.7 Å². The van der Waals surface area contributed by atoms with Crippen LogP contribution in [0.4, 0.5) is 5.69 Å². The summed E-state index contributed by atoms with van der Waals surface area (Å²) < 4.78 is 10.2. The Balaban J connectivity index is 2.19. The predicted octanol–water partition coefficient (Wildman–Crippen LogP) is 3.18. The summed E-state index contributed by atoms with van der Waals surface area (Å²) in [5.41, 5.74) is 0.506. The fraction of sp³-hybridized carbons (Fsp3) is 0.118. The average molecular weight is 395 g/mol. The van der Waals surface area contributed by atoms with Gasteiger partial charge in [0.1, 0.15) is 5.75 Å². The Morgan fingerprint density at radius 1 is 1.12 bits per heavy atom. The number of amides is 1. The topological polar surface area (TPSA) is 96.9 Å². The minimum atomic E-state index is -1.16. The van der Waals surface area contributed by atoms with Crippen LogP contribution in [0.15, 0.2) is 36.4 Å². The lowest BCUT2D eigenvalue weighted by molar-refractivity contribution is 0.0696. The van der Waals surface area contributed by atoms with E-state index in [2.05, 4.69) is 10.6 Å². The Morgan fingerprint density at radius 3 is 2.46 bits per heavy atom. The van der Waals surface area contributed by atoms with Crippen LogP contribution in [0.25, 0.3) is 0 Å². The van der Waals surface area contributed by atoms with Gasteiger partial charge in [-0.25, -0.2) is 4.79 Å². The van der Waals surface area contributed by atoms with E-state index in [0.29, 0.717) is 11.3 Å². The zero-order valence-corrected chi connectivity index (χ0v) is 15.4. The highest BCUT2D eigenvalue weighted by Gasteiger charge is 2.16. The van der Waals surface area contributed by atoms with Gasteiger partial charge in [0.05, 0.1) is 30.5 Å². The number of benzene rings is 2. The summed E-state index contributed by atoms with van der Waals surface area (Å²) in [6, 6.07) is 9.09. The Kier molecular flexibility index (Phi) is 6.37. The number of thiocarbonyl (C=S) groups is 1. The monoisotopic (exact) mass is 394 g/mol. The number of nitrogens with one attached hydrogen (secondary N) is 2. The number of ether oxygens (including phenoxy) is 2. The van der Waals surface area contributed by atoms with Gasteiger partial charge in [-0.1, -0.05) is 17.7 Å². The smallest absolute Gasteiger partial charge is 0.335 e. The standard InChI is InChI=1S/C17H15ClN2O5S/c1-24-11-5-3-4-9(6-11)15(21)20-17(26)19-13-8-10(16(22)23)7-12(18)14(13)25-2/h3-8H,1-2H3,(H,22,23)(H2,19,20,21,26). The number of carboxylic acid groups (broad SMARTS) is 1. The fourth-order valence-corrected chi connectivity index (χ4v) is 2.61. The number of halogens is 1. The third-order valence-corrected chi connectivity index (χ3v) is 3.79. The lowest BCUT2D eigenvalue weighted by Crippen LogP contribution is -2.34. The number of methoxy groups -OCH3 is 2. The maximum Gasteiger partial charge on any atom is 0.335 e. The molecule has 0 fully saturated rings. The van der Waals surface area contributed by atoms with Gasteiger partial charge in [0, 0.05) is 5.56 Å². The lowest BCUT2D eigenvalue weighted by Gasteiger charge is -2.15. The van der Waals surface area contributed by atoms with Crippen LogP contribution in [0.5, 0.6) is 11.5 Å². The van der Waals surface area contributed by atoms with Crippen molar-refractivity contribution in [3.8, 4) is 11.5 Å². The molecule has 2 aromatic carbocycles. The second-order valence-corrected chi connectivity index (χ2v) is 5.80. The van der Waals surface area contributed by atoms with Crippen LogP contribution in [-0.4, -0.2) is 36.3 Å². The van der Waals surface area contributed by atoms with E-state index in [1.54, 1.807) is 24.3 Å². The highest BCUT2D eigenvalue weighted by atomic mass is 35.5. The van der Waals surface area contributed by atoms with Gasteiger partial charge >= 0.3 is 5.97 Å². The summed E-state index contributed by atoms with van der Waals surface area (Å²) in [6.45, 7) is 0. The summed E-state index contributed by atoms with van der Waals surface area (Å²) in [4.78, 5) is 23.4. The maximum absolute atomic E-state index is 12.3. The van der Waals surface area contributed by atoms with Crippen molar-refractivity contribution in [2.24, 2.45) is 0 Å². The minimum Gasteiger partial charge on any atom is -0.497 e. The molecule has 136 valence electrons. The molecular formula is C17H15ClN2O5S. The third-order valence-electron chi connectivity index (χ3n) is 3.30. The maximum atomic E-state index is 12.3. The van der Waals surface area contributed by atoms with E-state index < -0.39 is 11.9 Å². The fourth-order valence-electron chi connectivity index (χ4n) is 2.11. The highest BCUT2D eigenvalue weighted by Crippen LogP contribution is 2.34. The first-order valence-electron chi connectivity index (χ1n) is 7.23. The summed E-state index contributed by atoms with van der Waals surface area (Å²) in [7, 11) is 2.87. The zero-order chi connectivity index (χ0) is 19.3. The Labute approximate surface area is 159 Å². The molecule has 0 radical (unpaired) electrons. The van der Waals surface area contributed by atoms with Gasteiger partial charge in [0.2, 0.25) is 0 Å². The number of hydrogen-bond acceptors (Lipinski definition) is 5. The van der Waals surface area contributed by atoms with Gasteiger partial charge in [-0.05, 0) is 42.5 Å². The number of carbonyl (C=O) groups is 2. The second kappa shape index (κ2) is 8.50. The van der Waals surface area contributed by atoms with E-state index in [0.717, 1.165) is 0 Å². The summed E-state index contributed by atoms with van der Waals surface area (Å²) in [5.74, 6) is -0.890. The molecule has 0 unspecified atom stereocenters. The molecule has 0 saturated heterocycles. The Morgan fingerprint density at radius 2 is 1.85 bits per heavy atom. The summed E-state index contributed by atoms with van der Waals surface area (Å²) in [5, 5.41) is 14.4. The number of rotatable bonds is 5. The first-order chi connectivity index (χ1) is 12.3. The molecule has 0 aliphatic heterocycles. The van der Waals surface area contributed by atoms with E-state index in [9.17, 15) is 9.59 Å². The molecule has 0 bridgehead atoms. The van der Waals surface area contributed by atoms with Gasteiger partial charge in [-0.3, -0.25) is 10.1 Å². The number of carboxylic acids is 1. The van der Waals surface area contributed by atoms with E-state index in [4.69, 9.17) is 38.4 Å². The first kappa shape index (κ1) is 19.5. The molecule has 0 aromatic heterocycles. The number of carbonyl (C=O) groups excluding carboxylic acids is 1. The van der Waals surface area contributed by atoms with Gasteiger partial charge in [-0.15, -0.1) is 0 Å². The van der Waals surface area contributed by atoms with Crippen molar-refractivity contribution >= 4 is 46.5 Å². The van der Waals surface area contributed by atoms with Crippen molar-refractivity contribution < 1.29 is 24.2 Å². The van der Waals surface area contributed by atoms with Crippen molar-refractivity contribution in [1.82, 2.24) is 5.32 Å². The average Bonchev–Trinajstić information content (AvgIpc) is 2.61. The molecular weight excluding hydrogens is 380 g/mol. The van der Waals surface area contributed by atoms with Crippen molar-refractivity contribution in [3.05, 3.63) is 52.5 Å². The molecule has 0 atom stereocenters. The van der Waals surface area contributed by atoms with Crippen LogP contribution in [0, 0.1) is 0 Å². The molecule has 1 amide bonds. The minimum absolute atomic E-state index is 0.0466.